The minimum atomic E-state index is -0.134. The van der Waals surface area contributed by atoms with Gasteiger partial charge in [-0.1, -0.05) is 12.1 Å². The van der Waals surface area contributed by atoms with E-state index in [1.54, 1.807) is 20.3 Å². The normalized spacial score (nSPS) is 13.7. The van der Waals surface area contributed by atoms with Gasteiger partial charge in [0.15, 0.2) is 5.76 Å². The molecule has 1 aromatic heterocycles. The van der Waals surface area contributed by atoms with Crippen molar-refractivity contribution in [2.24, 2.45) is 0 Å². The van der Waals surface area contributed by atoms with Gasteiger partial charge in [-0.2, -0.15) is 0 Å². The van der Waals surface area contributed by atoms with E-state index in [0.717, 1.165) is 45.6 Å². The third kappa shape index (κ3) is 4.12. The molecule has 1 aliphatic heterocycles. The quantitative estimate of drug-likeness (QED) is 0.303. The van der Waals surface area contributed by atoms with Crippen LogP contribution in [0.25, 0.3) is 17.0 Å². The van der Waals surface area contributed by atoms with Crippen LogP contribution in [0.5, 0.6) is 23.0 Å². The van der Waals surface area contributed by atoms with Crippen LogP contribution in [0.1, 0.15) is 34.0 Å². The van der Waals surface area contributed by atoms with E-state index in [-0.39, 0.29) is 5.78 Å². The lowest BCUT2D eigenvalue weighted by molar-refractivity contribution is 0.101. The van der Waals surface area contributed by atoms with Gasteiger partial charge in [0.25, 0.3) is 0 Å². The summed E-state index contributed by atoms with van der Waals surface area (Å²) in [7, 11) is 3.29. The predicted octanol–water partition coefficient (Wildman–Crippen LogP) is 6.18. The Morgan fingerprint density at radius 2 is 1.71 bits per heavy atom. The SMILES string of the molecule is CCn1cc(/C=C2/Oc3c(ccc(OCc4ccc(OC)cc4)c3C)C2=O)c2cc(OC)ccc21. The van der Waals surface area contributed by atoms with Gasteiger partial charge in [-0.15, -0.1) is 0 Å². The van der Waals surface area contributed by atoms with E-state index < -0.39 is 0 Å². The Balaban J connectivity index is 1.43. The first-order chi connectivity index (χ1) is 17.0. The van der Waals surface area contributed by atoms with Crippen molar-refractivity contribution >= 4 is 22.8 Å². The van der Waals surface area contributed by atoms with E-state index in [0.29, 0.717) is 29.4 Å². The standard InChI is InChI=1S/C29H27NO5/c1-5-30-16-20(24-15-22(33-4)10-12-25(24)30)14-27-28(31)23-11-13-26(18(2)29(23)35-27)34-17-19-6-8-21(32-3)9-7-19/h6-16H,5,17H2,1-4H3/b27-14+. The highest BCUT2D eigenvalue weighted by Gasteiger charge is 2.30. The summed E-state index contributed by atoms with van der Waals surface area (Å²) in [5.74, 6) is 2.96. The molecule has 0 unspecified atom stereocenters. The fourth-order valence-electron chi connectivity index (χ4n) is 4.36. The molecule has 0 bridgehead atoms. The van der Waals surface area contributed by atoms with Crippen molar-refractivity contribution in [1.29, 1.82) is 0 Å². The van der Waals surface area contributed by atoms with E-state index >= 15 is 0 Å². The van der Waals surface area contributed by atoms with Gasteiger partial charge in [-0.3, -0.25) is 4.79 Å². The average molecular weight is 470 g/mol. The number of benzene rings is 3. The van der Waals surface area contributed by atoms with Crippen LogP contribution in [-0.4, -0.2) is 24.6 Å². The highest BCUT2D eigenvalue weighted by molar-refractivity contribution is 6.15. The molecule has 5 rings (SSSR count). The summed E-state index contributed by atoms with van der Waals surface area (Å²) >= 11 is 0. The molecule has 6 nitrogen and oxygen atoms in total. The summed E-state index contributed by atoms with van der Waals surface area (Å²) in [6.07, 6.45) is 3.85. The lowest BCUT2D eigenvalue weighted by Crippen LogP contribution is -1.98. The zero-order valence-electron chi connectivity index (χ0n) is 20.3. The lowest BCUT2D eigenvalue weighted by Gasteiger charge is -2.12. The van der Waals surface area contributed by atoms with Gasteiger partial charge < -0.3 is 23.5 Å². The number of rotatable bonds is 7. The van der Waals surface area contributed by atoms with Crippen molar-refractivity contribution < 1.29 is 23.7 Å². The van der Waals surface area contributed by atoms with E-state index in [2.05, 4.69) is 11.5 Å². The third-order valence-corrected chi connectivity index (χ3v) is 6.34. The van der Waals surface area contributed by atoms with Crippen molar-refractivity contribution in [1.82, 2.24) is 4.57 Å². The monoisotopic (exact) mass is 469 g/mol. The van der Waals surface area contributed by atoms with Crippen LogP contribution in [0.2, 0.25) is 0 Å². The first-order valence-corrected chi connectivity index (χ1v) is 11.5. The maximum Gasteiger partial charge on any atom is 0.231 e. The Morgan fingerprint density at radius 3 is 2.43 bits per heavy atom. The number of fused-ring (bicyclic) bond motifs is 2. The van der Waals surface area contributed by atoms with E-state index in [9.17, 15) is 4.79 Å². The zero-order chi connectivity index (χ0) is 24.5. The third-order valence-electron chi connectivity index (χ3n) is 6.34. The minimum Gasteiger partial charge on any atom is -0.497 e. The molecule has 35 heavy (non-hydrogen) atoms. The number of aryl methyl sites for hydroxylation is 1. The van der Waals surface area contributed by atoms with Gasteiger partial charge in [-0.25, -0.2) is 0 Å². The summed E-state index contributed by atoms with van der Waals surface area (Å²) in [5.41, 5.74) is 4.35. The van der Waals surface area contributed by atoms with E-state index in [1.807, 2.05) is 67.7 Å². The van der Waals surface area contributed by atoms with Gasteiger partial charge in [0, 0.05) is 34.8 Å². The van der Waals surface area contributed by atoms with Crippen LogP contribution in [0, 0.1) is 6.92 Å². The summed E-state index contributed by atoms with van der Waals surface area (Å²) in [6, 6.07) is 17.3. The maximum absolute atomic E-state index is 13.2. The van der Waals surface area contributed by atoms with Gasteiger partial charge in [0.2, 0.25) is 5.78 Å². The number of hydrogen-bond donors (Lipinski definition) is 0. The number of allylic oxidation sites excluding steroid dienone is 1. The van der Waals surface area contributed by atoms with Gasteiger partial charge in [0.05, 0.1) is 19.8 Å². The van der Waals surface area contributed by atoms with Crippen molar-refractivity contribution in [2.45, 2.75) is 27.0 Å². The highest BCUT2D eigenvalue weighted by atomic mass is 16.5. The number of carbonyl (C=O) groups excluding carboxylic acids is 1. The predicted molar refractivity (Wildman–Crippen MR) is 136 cm³/mol. The van der Waals surface area contributed by atoms with Crippen LogP contribution in [-0.2, 0) is 13.2 Å². The Morgan fingerprint density at radius 1 is 0.971 bits per heavy atom. The lowest BCUT2D eigenvalue weighted by atomic mass is 10.1. The smallest absolute Gasteiger partial charge is 0.231 e. The fourth-order valence-corrected chi connectivity index (χ4v) is 4.36. The number of Topliss-reactive ketones (excluding diaryl/α,β-unsaturated/α-hetero) is 1. The number of ketones is 1. The summed E-state index contributed by atoms with van der Waals surface area (Å²) in [4.78, 5) is 13.2. The Bertz CT molecular complexity index is 1450. The molecule has 0 spiro atoms. The molecule has 2 heterocycles. The highest BCUT2D eigenvalue weighted by Crippen LogP contribution is 2.40. The average Bonchev–Trinajstić information content (AvgIpc) is 3.41. The molecule has 0 saturated carbocycles. The molecule has 0 fully saturated rings. The number of nitrogens with zero attached hydrogens (tertiary/aromatic N) is 1. The summed E-state index contributed by atoms with van der Waals surface area (Å²) in [6.45, 7) is 5.21. The molecular formula is C29H27NO5. The second-order valence-corrected chi connectivity index (χ2v) is 8.40. The van der Waals surface area contributed by atoms with Crippen molar-refractivity contribution in [2.75, 3.05) is 14.2 Å². The largest absolute Gasteiger partial charge is 0.497 e. The second kappa shape index (κ2) is 9.22. The molecule has 0 amide bonds. The molecule has 178 valence electrons. The van der Waals surface area contributed by atoms with E-state index in [4.69, 9.17) is 18.9 Å². The van der Waals surface area contributed by atoms with Crippen LogP contribution in [0.4, 0.5) is 0 Å². The molecule has 0 N–H and O–H groups in total. The van der Waals surface area contributed by atoms with Gasteiger partial charge >= 0.3 is 0 Å². The van der Waals surface area contributed by atoms with Crippen LogP contribution in [0.15, 0.2) is 66.6 Å². The number of ether oxygens (including phenoxy) is 4. The number of hydrogen-bond acceptors (Lipinski definition) is 5. The fraction of sp³-hybridized carbons (Fsp3) is 0.207. The topological polar surface area (TPSA) is 58.9 Å². The first-order valence-electron chi connectivity index (χ1n) is 11.5. The Kier molecular flexibility index (Phi) is 5.95. The summed E-state index contributed by atoms with van der Waals surface area (Å²) < 4.78 is 24.9. The zero-order valence-corrected chi connectivity index (χ0v) is 20.3. The van der Waals surface area contributed by atoms with Crippen LogP contribution in [0.3, 0.4) is 0 Å². The van der Waals surface area contributed by atoms with Crippen molar-refractivity contribution in [3.8, 4) is 23.0 Å². The van der Waals surface area contributed by atoms with Crippen LogP contribution < -0.4 is 18.9 Å². The molecule has 6 heteroatoms. The molecule has 0 aliphatic carbocycles. The molecule has 0 atom stereocenters. The molecule has 4 aromatic rings. The second-order valence-electron chi connectivity index (χ2n) is 8.40. The Labute approximate surface area is 204 Å². The molecule has 3 aromatic carbocycles. The Hall–Kier alpha value is -4.19. The number of methoxy groups -OCH3 is 2. The van der Waals surface area contributed by atoms with Crippen molar-refractivity contribution in [3.63, 3.8) is 0 Å². The van der Waals surface area contributed by atoms with E-state index in [1.165, 1.54) is 0 Å². The van der Waals surface area contributed by atoms with Crippen LogP contribution >= 0.6 is 0 Å². The first kappa shape index (κ1) is 22.6. The molecular weight excluding hydrogens is 442 g/mol. The number of carbonyl (C=O) groups is 1. The minimum absolute atomic E-state index is 0.134. The van der Waals surface area contributed by atoms with Crippen molar-refractivity contribution in [3.05, 3.63) is 88.8 Å². The maximum atomic E-state index is 13.2. The molecule has 0 radical (unpaired) electrons. The number of aromatic nitrogens is 1. The molecule has 1 aliphatic rings. The summed E-state index contributed by atoms with van der Waals surface area (Å²) in [5, 5.41) is 1.01. The van der Waals surface area contributed by atoms with Gasteiger partial charge in [-0.05, 0) is 68.0 Å². The van der Waals surface area contributed by atoms with Gasteiger partial charge in [0.1, 0.15) is 29.6 Å². The molecule has 0 saturated heterocycles.